The van der Waals surface area contributed by atoms with Crippen LogP contribution in [0.5, 0.6) is 0 Å². The van der Waals surface area contributed by atoms with E-state index in [0.717, 1.165) is 18.4 Å². The summed E-state index contributed by atoms with van der Waals surface area (Å²) < 4.78 is 0. The second-order valence-corrected chi connectivity index (χ2v) is 4.50. The van der Waals surface area contributed by atoms with Gasteiger partial charge in [-0.2, -0.15) is 5.26 Å². The number of benzene rings is 1. The molecule has 1 aromatic carbocycles. The summed E-state index contributed by atoms with van der Waals surface area (Å²) in [5.74, 6) is 0. The molecule has 0 aromatic heterocycles. The fourth-order valence-electron chi connectivity index (χ4n) is 2.07. The summed E-state index contributed by atoms with van der Waals surface area (Å²) in [7, 11) is 0. The van der Waals surface area contributed by atoms with Gasteiger partial charge in [0.05, 0.1) is 11.0 Å². The number of nitro groups is 1. The Morgan fingerprint density at radius 1 is 1.44 bits per heavy atom. The number of nitriles is 1. The zero-order valence-corrected chi connectivity index (χ0v) is 10.1. The van der Waals surface area contributed by atoms with E-state index in [1.807, 2.05) is 6.07 Å². The molecule has 0 unspecified atom stereocenters. The number of hydrogen-bond acceptors (Lipinski definition) is 4. The predicted octanol–water partition coefficient (Wildman–Crippen LogP) is 2.47. The van der Waals surface area contributed by atoms with Crippen LogP contribution in [0.4, 0.5) is 5.69 Å². The van der Waals surface area contributed by atoms with E-state index in [2.05, 4.69) is 11.0 Å². The SMILES string of the molecule is N#CCCN(Cc1ccccc1[N+](=O)[O-])C1CC1. The largest absolute Gasteiger partial charge is 0.295 e. The fraction of sp³-hybridized carbons (Fsp3) is 0.462. The Morgan fingerprint density at radius 3 is 2.78 bits per heavy atom. The van der Waals surface area contributed by atoms with E-state index in [1.165, 1.54) is 6.07 Å². The predicted molar refractivity (Wildman–Crippen MR) is 66.8 cm³/mol. The highest BCUT2D eigenvalue weighted by Crippen LogP contribution is 2.30. The minimum atomic E-state index is -0.343. The lowest BCUT2D eigenvalue weighted by Crippen LogP contribution is -2.26. The molecule has 5 heteroatoms. The molecular weight excluding hydrogens is 230 g/mol. The molecule has 0 saturated heterocycles. The number of para-hydroxylation sites is 1. The van der Waals surface area contributed by atoms with Crippen molar-refractivity contribution in [1.82, 2.24) is 4.90 Å². The quantitative estimate of drug-likeness (QED) is 0.570. The molecule has 0 amide bonds. The van der Waals surface area contributed by atoms with Crippen LogP contribution >= 0.6 is 0 Å². The Kier molecular flexibility index (Phi) is 3.90. The van der Waals surface area contributed by atoms with Crippen molar-refractivity contribution in [2.45, 2.75) is 31.8 Å². The highest BCUT2D eigenvalue weighted by Gasteiger charge is 2.29. The molecule has 0 spiro atoms. The van der Waals surface area contributed by atoms with Crippen molar-refractivity contribution in [3.63, 3.8) is 0 Å². The lowest BCUT2D eigenvalue weighted by Gasteiger charge is -2.20. The van der Waals surface area contributed by atoms with Crippen LogP contribution in [0.15, 0.2) is 24.3 Å². The maximum atomic E-state index is 10.9. The van der Waals surface area contributed by atoms with E-state index in [4.69, 9.17) is 5.26 Å². The Labute approximate surface area is 106 Å². The first kappa shape index (κ1) is 12.5. The second kappa shape index (κ2) is 5.61. The van der Waals surface area contributed by atoms with Crippen LogP contribution in [0, 0.1) is 21.4 Å². The summed E-state index contributed by atoms with van der Waals surface area (Å²) in [6.07, 6.45) is 2.73. The van der Waals surface area contributed by atoms with Gasteiger partial charge in [-0.15, -0.1) is 0 Å². The summed E-state index contributed by atoms with van der Waals surface area (Å²) >= 11 is 0. The summed E-state index contributed by atoms with van der Waals surface area (Å²) in [6.45, 7) is 1.25. The van der Waals surface area contributed by atoms with Gasteiger partial charge in [0.15, 0.2) is 0 Å². The topological polar surface area (TPSA) is 70.2 Å². The number of rotatable bonds is 6. The standard InChI is InChI=1S/C13H15N3O2/c14-8-3-9-15(12-6-7-12)10-11-4-1-2-5-13(11)16(17)18/h1-2,4-5,12H,3,6-7,9-10H2. The zero-order chi connectivity index (χ0) is 13.0. The van der Waals surface area contributed by atoms with Crippen molar-refractivity contribution >= 4 is 5.69 Å². The maximum Gasteiger partial charge on any atom is 0.273 e. The molecule has 1 aromatic rings. The Hall–Kier alpha value is -1.93. The minimum Gasteiger partial charge on any atom is -0.295 e. The van der Waals surface area contributed by atoms with Crippen LogP contribution in [0.2, 0.25) is 0 Å². The molecule has 0 atom stereocenters. The third kappa shape index (κ3) is 3.05. The molecule has 0 radical (unpaired) electrons. The van der Waals surface area contributed by atoms with E-state index in [9.17, 15) is 10.1 Å². The Bertz CT molecular complexity index is 477. The van der Waals surface area contributed by atoms with Gasteiger partial charge in [-0.1, -0.05) is 18.2 Å². The molecule has 2 rings (SSSR count). The van der Waals surface area contributed by atoms with Crippen molar-refractivity contribution < 1.29 is 4.92 Å². The van der Waals surface area contributed by atoms with Crippen LogP contribution in [-0.2, 0) is 6.54 Å². The fourth-order valence-corrected chi connectivity index (χ4v) is 2.07. The van der Waals surface area contributed by atoms with Crippen molar-refractivity contribution in [1.29, 1.82) is 5.26 Å². The molecule has 94 valence electrons. The molecule has 5 nitrogen and oxygen atoms in total. The second-order valence-electron chi connectivity index (χ2n) is 4.50. The zero-order valence-electron chi connectivity index (χ0n) is 10.1. The molecule has 0 aliphatic heterocycles. The van der Waals surface area contributed by atoms with E-state index in [1.54, 1.807) is 12.1 Å². The first-order valence-corrected chi connectivity index (χ1v) is 6.05. The van der Waals surface area contributed by atoms with Gasteiger partial charge in [0, 0.05) is 37.2 Å². The summed E-state index contributed by atoms with van der Waals surface area (Å²) in [6, 6.07) is 9.45. The molecule has 18 heavy (non-hydrogen) atoms. The van der Waals surface area contributed by atoms with E-state index < -0.39 is 0 Å². The Balaban J connectivity index is 2.11. The molecule has 1 fully saturated rings. The van der Waals surface area contributed by atoms with E-state index in [0.29, 0.717) is 25.6 Å². The van der Waals surface area contributed by atoms with Crippen LogP contribution in [0.25, 0.3) is 0 Å². The summed E-state index contributed by atoms with van der Waals surface area (Å²) in [4.78, 5) is 12.8. The van der Waals surface area contributed by atoms with Crippen molar-refractivity contribution in [3.8, 4) is 6.07 Å². The van der Waals surface area contributed by atoms with Crippen LogP contribution in [0.1, 0.15) is 24.8 Å². The number of nitrogens with zero attached hydrogens (tertiary/aromatic N) is 3. The number of hydrogen-bond donors (Lipinski definition) is 0. The summed E-state index contributed by atoms with van der Waals surface area (Å²) in [5.41, 5.74) is 0.896. The van der Waals surface area contributed by atoms with Crippen LogP contribution in [-0.4, -0.2) is 22.4 Å². The van der Waals surface area contributed by atoms with Crippen LogP contribution in [0.3, 0.4) is 0 Å². The molecule has 0 bridgehead atoms. The lowest BCUT2D eigenvalue weighted by molar-refractivity contribution is -0.385. The molecule has 0 heterocycles. The average Bonchev–Trinajstić information content (AvgIpc) is 3.19. The lowest BCUT2D eigenvalue weighted by atomic mass is 10.1. The van der Waals surface area contributed by atoms with Gasteiger partial charge in [0.25, 0.3) is 5.69 Å². The maximum absolute atomic E-state index is 10.9. The van der Waals surface area contributed by atoms with E-state index in [-0.39, 0.29) is 10.6 Å². The minimum absolute atomic E-state index is 0.167. The first-order chi connectivity index (χ1) is 8.72. The molecule has 0 N–H and O–H groups in total. The van der Waals surface area contributed by atoms with Gasteiger partial charge >= 0.3 is 0 Å². The molecular formula is C13H15N3O2. The van der Waals surface area contributed by atoms with E-state index >= 15 is 0 Å². The van der Waals surface area contributed by atoms with Gasteiger partial charge in [-0.05, 0) is 12.8 Å². The van der Waals surface area contributed by atoms with Crippen LogP contribution < -0.4 is 0 Å². The van der Waals surface area contributed by atoms with Crippen molar-refractivity contribution in [3.05, 3.63) is 39.9 Å². The Morgan fingerprint density at radius 2 is 2.17 bits per heavy atom. The van der Waals surface area contributed by atoms with Gasteiger partial charge in [-0.25, -0.2) is 0 Å². The first-order valence-electron chi connectivity index (χ1n) is 6.05. The van der Waals surface area contributed by atoms with Crippen molar-refractivity contribution in [2.75, 3.05) is 6.54 Å². The summed E-state index contributed by atoms with van der Waals surface area (Å²) in [5, 5.41) is 19.6. The number of nitro benzene ring substituents is 1. The molecule has 1 saturated carbocycles. The van der Waals surface area contributed by atoms with Gasteiger partial charge < -0.3 is 0 Å². The highest BCUT2D eigenvalue weighted by molar-refractivity contribution is 5.39. The highest BCUT2D eigenvalue weighted by atomic mass is 16.6. The normalized spacial score (nSPS) is 14.4. The van der Waals surface area contributed by atoms with Gasteiger partial charge in [0.1, 0.15) is 0 Å². The molecule has 1 aliphatic rings. The molecule has 1 aliphatic carbocycles. The smallest absolute Gasteiger partial charge is 0.273 e. The monoisotopic (exact) mass is 245 g/mol. The van der Waals surface area contributed by atoms with Gasteiger partial charge in [-0.3, -0.25) is 15.0 Å². The van der Waals surface area contributed by atoms with Gasteiger partial charge in [0.2, 0.25) is 0 Å². The third-order valence-corrected chi connectivity index (χ3v) is 3.14. The third-order valence-electron chi connectivity index (χ3n) is 3.14. The average molecular weight is 245 g/mol. The van der Waals surface area contributed by atoms with Crippen molar-refractivity contribution in [2.24, 2.45) is 0 Å².